The van der Waals surface area contributed by atoms with Crippen molar-refractivity contribution in [3.63, 3.8) is 0 Å². The SMILES string of the molecule is Cc1nc(C)c(C(=O)N2CCOc3ccc(CCC(=O)N4CCOCC4)cc3C2)s1. The molecule has 0 N–H and O–H groups in total. The molecule has 0 saturated carbocycles. The summed E-state index contributed by atoms with van der Waals surface area (Å²) in [4.78, 5) is 34.3. The summed E-state index contributed by atoms with van der Waals surface area (Å²) in [5.74, 6) is 0.977. The van der Waals surface area contributed by atoms with Crippen LogP contribution >= 0.6 is 11.3 Å². The van der Waals surface area contributed by atoms with Crippen molar-refractivity contribution < 1.29 is 19.1 Å². The van der Waals surface area contributed by atoms with Gasteiger partial charge >= 0.3 is 0 Å². The molecule has 1 aromatic carbocycles. The Kier molecular flexibility index (Phi) is 6.34. The van der Waals surface area contributed by atoms with E-state index in [4.69, 9.17) is 9.47 Å². The molecule has 7 nitrogen and oxygen atoms in total. The number of aromatic nitrogens is 1. The summed E-state index contributed by atoms with van der Waals surface area (Å²) in [5, 5.41) is 0.898. The Bertz CT molecular complexity index is 936. The number of rotatable bonds is 4. The zero-order valence-corrected chi connectivity index (χ0v) is 18.3. The van der Waals surface area contributed by atoms with E-state index in [1.807, 2.05) is 35.8 Å². The first-order valence-corrected chi connectivity index (χ1v) is 11.2. The number of amides is 2. The molecule has 0 bridgehead atoms. The van der Waals surface area contributed by atoms with E-state index < -0.39 is 0 Å². The van der Waals surface area contributed by atoms with Gasteiger partial charge in [0.15, 0.2) is 0 Å². The van der Waals surface area contributed by atoms with Gasteiger partial charge in [0.2, 0.25) is 5.91 Å². The Hall–Kier alpha value is -2.45. The molecule has 0 unspecified atom stereocenters. The molecule has 2 amide bonds. The van der Waals surface area contributed by atoms with Crippen LogP contribution in [0.4, 0.5) is 0 Å². The molecule has 0 radical (unpaired) electrons. The number of fused-ring (bicyclic) bond motifs is 1. The first-order valence-electron chi connectivity index (χ1n) is 10.3. The van der Waals surface area contributed by atoms with Crippen LogP contribution in [-0.2, 0) is 22.5 Å². The van der Waals surface area contributed by atoms with Crippen LogP contribution in [-0.4, -0.2) is 66.1 Å². The third-order valence-corrected chi connectivity index (χ3v) is 6.54. The smallest absolute Gasteiger partial charge is 0.266 e. The molecule has 160 valence electrons. The number of aryl methyl sites for hydroxylation is 3. The monoisotopic (exact) mass is 429 g/mol. The minimum absolute atomic E-state index is 0.00227. The first-order chi connectivity index (χ1) is 14.5. The van der Waals surface area contributed by atoms with Gasteiger partial charge in [-0.15, -0.1) is 11.3 Å². The predicted octanol–water partition coefficient (Wildman–Crippen LogP) is 2.59. The van der Waals surface area contributed by atoms with Crippen molar-refractivity contribution in [3.8, 4) is 5.75 Å². The molecule has 1 fully saturated rings. The summed E-state index contributed by atoms with van der Waals surface area (Å²) in [6.07, 6.45) is 1.15. The molecule has 0 aliphatic carbocycles. The van der Waals surface area contributed by atoms with E-state index in [1.165, 1.54) is 11.3 Å². The van der Waals surface area contributed by atoms with Gasteiger partial charge < -0.3 is 19.3 Å². The van der Waals surface area contributed by atoms with E-state index in [1.54, 1.807) is 0 Å². The number of hydrogen-bond acceptors (Lipinski definition) is 6. The van der Waals surface area contributed by atoms with Crippen LogP contribution in [0.5, 0.6) is 5.75 Å². The van der Waals surface area contributed by atoms with Gasteiger partial charge in [0.25, 0.3) is 5.91 Å². The van der Waals surface area contributed by atoms with Gasteiger partial charge in [-0.3, -0.25) is 9.59 Å². The van der Waals surface area contributed by atoms with Crippen LogP contribution < -0.4 is 4.74 Å². The first kappa shape index (κ1) is 20.8. The second-order valence-corrected chi connectivity index (χ2v) is 8.86. The summed E-state index contributed by atoms with van der Waals surface area (Å²) in [6, 6.07) is 6.04. The van der Waals surface area contributed by atoms with E-state index in [9.17, 15) is 9.59 Å². The molecule has 1 aromatic heterocycles. The van der Waals surface area contributed by atoms with Crippen molar-refractivity contribution in [1.29, 1.82) is 0 Å². The quantitative estimate of drug-likeness (QED) is 0.747. The second kappa shape index (κ2) is 9.14. The fraction of sp³-hybridized carbons (Fsp3) is 0.500. The standard InChI is InChI=1S/C22H27N3O4S/c1-15-21(30-16(2)23-15)22(27)25-9-12-29-19-5-3-17(13-18(19)14-25)4-6-20(26)24-7-10-28-11-8-24/h3,5,13H,4,6-12,14H2,1-2H3. The van der Waals surface area contributed by atoms with E-state index in [2.05, 4.69) is 11.1 Å². The molecular formula is C22H27N3O4S. The fourth-order valence-electron chi connectivity index (χ4n) is 3.87. The number of benzene rings is 1. The minimum Gasteiger partial charge on any atom is -0.491 e. The molecule has 0 spiro atoms. The molecule has 30 heavy (non-hydrogen) atoms. The number of ether oxygens (including phenoxy) is 2. The molecule has 1 saturated heterocycles. The minimum atomic E-state index is 0.00227. The summed E-state index contributed by atoms with van der Waals surface area (Å²) in [5.41, 5.74) is 2.84. The number of hydrogen-bond donors (Lipinski definition) is 0. The predicted molar refractivity (Wildman–Crippen MR) is 114 cm³/mol. The van der Waals surface area contributed by atoms with Crippen LogP contribution in [0.1, 0.15) is 37.9 Å². The maximum atomic E-state index is 13.1. The van der Waals surface area contributed by atoms with Gasteiger partial charge in [0.05, 0.1) is 30.5 Å². The van der Waals surface area contributed by atoms with Crippen molar-refractivity contribution in [1.82, 2.24) is 14.8 Å². The lowest BCUT2D eigenvalue weighted by atomic mass is 10.0. The molecule has 4 rings (SSSR count). The zero-order valence-electron chi connectivity index (χ0n) is 17.5. The van der Waals surface area contributed by atoms with Crippen molar-refractivity contribution in [3.05, 3.63) is 44.9 Å². The van der Waals surface area contributed by atoms with Gasteiger partial charge in [0.1, 0.15) is 17.2 Å². The highest BCUT2D eigenvalue weighted by Crippen LogP contribution is 2.27. The highest BCUT2D eigenvalue weighted by Gasteiger charge is 2.24. The lowest BCUT2D eigenvalue weighted by molar-refractivity contribution is -0.135. The number of carbonyl (C=O) groups is 2. The molecule has 2 aliphatic rings. The number of carbonyl (C=O) groups excluding carboxylic acids is 2. The van der Waals surface area contributed by atoms with Gasteiger partial charge in [-0.2, -0.15) is 0 Å². The Labute approximate surface area is 180 Å². The number of morpholine rings is 1. The van der Waals surface area contributed by atoms with Crippen LogP contribution in [0.15, 0.2) is 18.2 Å². The Balaban J connectivity index is 1.44. The Morgan fingerprint density at radius 3 is 2.60 bits per heavy atom. The summed E-state index contributed by atoms with van der Waals surface area (Å²) >= 11 is 1.44. The van der Waals surface area contributed by atoms with Crippen LogP contribution in [0.25, 0.3) is 0 Å². The lowest BCUT2D eigenvalue weighted by Gasteiger charge is -2.26. The molecule has 2 aromatic rings. The van der Waals surface area contributed by atoms with E-state index in [0.29, 0.717) is 63.7 Å². The van der Waals surface area contributed by atoms with Crippen LogP contribution in [0, 0.1) is 13.8 Å². The molecule has 2 aliphatic heterocycles. The molecule has 0 atom stereocenters. The third-order valence-electron chi connectivity index (χ3n) is 5.48. The Morgan fingerprint density at radius 2 is 1.87 bits per heavy atom. The van der Waals surface area contributed by atoms with E-state index in [-0.39, 0.29) is 11.8 Å². The maximum absolute atomic E-state index is 13.1. The van der Waals surface area contributed by atoms with Crippen molar-refractivity contribution >= 4 is 23.2 Å². The highest BCUT2D eigenvalue weighted by molar-refractivity contribution is 7.13. The molecular weight excluding hydrogens is 402 g/mol. The zero-order chi connectivity index (χ0) is 21.1. The van der Waals surface area contributed by atoms with E-state index >= 15 is 0 Å². The second-order valence-electron chi connectivity index (χ2n) is 7.66. The molecule has 8 heteroatoms. The average molecular weight is 430 g/mol. The third kappa shape index (κ3) is 4.65. The largest absolute Gasteiger partial charge is 0.491 e. The average Bonchev–Trinajstić information content (AvgIpc) is 2.96. The highest BCUT2D eigenvalue weighted by atomic mass is 32.1. The number of thiazole rings is 1. The van der Waals surface area contributed by atoms with Crippen LogP contribution in [0.3, 0.4) is 0 Å². The fourth-order valence-corrected chi connectivity index (χ4v) is 4.76. The maximum Gasteiger partial charge on any atom is 0.266 e. The summed E-state index contributed by atoms with van der Waals surface area (Å²) < 4.78 is 11.2. The summed E-state index contributed by atoms with van der Waals surface area (Å²) in [6.45, 7) is 7.86. The van der Waals surface area contributed by atoms with Crippen molar-refractivity contribution in [2.75, 3.05) is 39.5 Å². The van der Waals surface area contributed by atoms with Crippen molar-refractivity contribution in [2.45, 2.75) is 33.2 Å². The Morgan fingerprint density at radius 1 is 1.10 bits per heavy atom. The lowest BCUT2D eigenvalue weighted by Crippen LogP contribution is -2.40. The normalized spacial score (nSPS) is 16.6. The van der Waals surface area contributed by atoms with Gasteiger partial charge in [0, 0.05) is 31.6 Å². The summed E-state index contributed by atoms with van der Waals surface area (Å²) in [7, 11) is 0. The van der Waals surface area contributed by atoms with Crippen LogP contribution in [0.2, 0.25) is 0 Å². The molecule has 3 heterocycles. The van der Waals surface area contributed by atoms with Gasteiger partial charge in [-0.25, -0.2) is 4.98 Å². The topological polar surface area (TPSA) is 72.0 Å². The van der Waals surface area contributed by atoms with E-state index in [0.717, 1.165) is 27.6 Å². The van der Waals surface area contributed by atoms with Crippen molar-refractivity contribution in [2.24, 2.45) is 0 Å². The number of nitrogens with zero attached hydrogens (tertiary/aromatic N) is 3. The van der Waals surface area contributed by atoms with Gasteiger partial charge in [-0.1, -0.05) is 12.1 Å². The van der Waals surface area contributed by atoms with Gasteiger partial charge in [-0.05, 0) is 31.9 Å².